The molecule has 0 aliphatic heterocycles. The molecule has 0 aromatic heterocycles. The van der Waals surface area contributed by atoms with Crippen LogP contribution in [0.2, 0.25) is 0 Å². The lowest BCUT2D eigenvalue weighted by molar-refractivity contribution is 0.117. The minimum absolute atomic E-state index is 0.346. The van der Waals surface area contributed by atoms with Gasteiger partial charge in [0.2, 0.25) is 0 Å². The molecule has 1 amide bonds. The molecule has 22 heavy (non-hydrogen) atoms. The van der Waals surface area contributed by atoms with E-state index in [-0.39, 0.29) is 0 Å². The minimum Gasteiger partial charge on any atom is -0.465 e. The number of carboxylic acid groups (broad SMARTS) is 1. The van der Waals surface area contributed by atoms with Gasteiger partial charge in [-0.2, -0.15) is 0 Å². The minimum atomic E-state index is -1.12. The number of carbonyl (C=O) groups is 1. The molecule has 4 N–H and O–H groups in total. The van der Waals surface area contributed by atoms with Gasteiger partial charge in [-0.05, 0) is 30.9 Å². The van der Waals surface area contributed by atoms with Gasteiger partial charge in [0.15, 0.2) is 0 Å². The summed E-state index contributed by atoms with van der Waals surface area (Å²) in [7, 11) is 0. The molecular weight excluding hydrogens is 280 g/mol. The Kier molecular flexibility index (Phi) is 8.25. The summed E-state index contributed by atoms with van der Waals surface area (Å²) in [6.07, 6.45) is 1.32. The topological polar surface area (TPSA) is 81.6 Å². The van der Waals surface area contributed by atoms with Gasteiger partial charge in [0.25, 0.3) is 0 Å². The Morgan fingerprint density at radius 1 is 1.32 bits per heavy atom. The van der Waals surface area contributed by atoms with E-state index in [9.17, 15) is 9.90 Å². The van der Waals surface area contributed by atoms with Crippen molar-refractivity contribution < 1.29 is 15.0 Å². The summed E-state index contributed by atoms with van der Waals surface area (Å²) in [5, 5.41) is 24.8. The van der Waals surface area contributed by atoms with Crippen molar-refractivity contribution in [3.63, 3.8) is 0 Å². The van der Waals surface area contributed by atoms with Crippen molar-refractivity contribution in [1.82, 2.24) is 10.6 Å². The maximum atomic E-state index is 10.9. The summed E-state index contributed by atoms with van der Waals surface area (Å²) in [6.45, 7) is 6.90. The van der Waals surface area contributed by atoms with Crippen molar-refractivity contribution in [2.45, 2.75) is 31.9 Å². The molecule has 0 radical (unpaired) electrons. The number of nitrogens with one attached hydrogen (secondary N) is 2. The third-order valence-electron chi connectivity index (χ3n) is 3.49. The normalized spacial score (nSPS) is 14.8. The van der Waals surface area contributed by atoms with E-state index in [1.54, 1.807) is 0 Å². The number of amides is 1. The molecule has 0 spiro atoms. The molecule has 0 aliphatic rings. The SMILES string of the molecule is C=CCC(C)CNC[C@H](O)[C@H](Cc1ccccc1)NC(=O)O. The maximum absolute atomic E-state index is 10.9. The first-order chi connectivity index (χ1) is 10.5. The highest BCUT2D eigenvalue weighted by atomic mass is 16.4. The maximum Gasteiger partial charge on any atom is 0.404 e. The fourth-order valence-corrected chi connectivity index (χ4v) is 2.30. The van der Waals surface area contributed by atoms with E-state index in [1.807, 2.05) is 36.4 Å². The van der Waals surface area contributed by atoms with Crippen molar-refractivity contribution >= 4 is 6.09 Å². The average molecular weight is 306 g/mol. The second-order valence-corrected chi connectivity index (χ2v) is 5.60. The zero-order valence-corrected chi connectivity index (χ0v) is 13.0. The molecule has 1 aromatic rings. The Morgan fingerprint density at radius 3 is 2.59 bits per heavy atom. The number of aliphatic hydroxyl groups is 1. The van der Waals surface area contributed by atoms with Crippen LogP contribution in [0.4, 0.5) is 4.79 Å². The zero-order valence-electron chi connectivity index (χ0n) is 13.0. The van der Waals surface area contributed by atoms with Gasteiger partial charge in [0.1, 0.15) is 0 Å². The smallest absolute Gasteiger partial charge is 0.404 e. The van der Waals surface area contributed by atoms with Gasteiger partial charge in [-0.1, -0.05) is 43.3 Å². The molecule has 3 atom stereocenters. The van der Waals surface area contributed by atoms with Gasteiger partial charge < -0.3 is 20.8 Å². The molecule has 0 bridgehead atoms. The van der Waals surface area contributed by atoms with Crippen molar-refractivity contribution in [3.05, 3.63) is 48.6 Å². The summed E-state index contributed by atoms with van der Waals surface area (Å²) >= 11 is 0. The van der Waals surface area contributed by atoms with E-state index in [4.69, 9.17) is 5.11 Å². The molecule has 5 nitrogen and oxygen atoms in total. The van der Waals surface area contributed by atoms with E-state index < -0.39 is 18.2 Å². The van der Waals surface area contributed by atoms with Crippen LogP contribution in [0, 0.1) is 5.92 Å². The lowest BCUT2D eigenvalue weighted by Crippen LogP contribution is -2.48. The van der Waals surface area contributed by atoms with Crippen LogP contribution < -0.4 is 10.6 Å². The molecule has 0 heterocycles. The Morgan fingerprint density at radius 2 is 2.00 bits per heavy atom. The summed E-state index contributed by atoms with van der Waals surface area (Å²) in [5.74, 6) is 0.435. The lowest BCUT2D eigenvalue weighted by atomic mass is 10.0. The number of hydrogen-bond donors (Lipinski definition) is 4. The average Bonchev–Trinajstić information content (AvgIpc) is 2.47. The number of allylic oxidation sites excluding steroid dienone is 1. The molecule has 5 heteroatoms. The van der Waals surface area contributed by atoms with E-state index in [2.05, 4.69) is 24.1 Å². The molecule has 0 saturated carbocycles. The van der Waals surface area contributed by atoms with Crippen LogP contribution in [0.3, 0.4) is 0 Å². The van der Waals surface area contributed by atoms with Crippen molar-refractivity contribution in [2.24, 2.45) is 5.92 Å². The quantitative estimate of drug-likeness (QED) is 0.499. The largest absolute Gasteiger partial charge is 0.465 e. The first-order valence-corrected chi connectivity index (χ1v) is 7.56. The Bertz CT molecular complexity index is 450. The van der Waals surface area contributed by atoms with Crippen LogP contribution in [0.1, 0.15) is 18.9 Å². The zero-order chi connectivity index (χ0) is 16.4. The van der Waals surface area contributed by atoms with Gasteiger partial charge in [-0.25, -0.2) is 4.79 Å². The fourth-order valence-electron chi connectivity index (χ4n) is 2.30. The predicted molar refractivity (Wildman–Crippen MR) is 87.9 cm³/mol. The van der Waals surface area contributed by atoms with Crippen LogP contribution in [-0.4, -0.2) is 41.5 Å². The Balaban J connectivity index is 2.51. The van der Waals surface area contributed by atoms with E-state index in [0.717, 1.165) is 18.5 Å². The van der Waals surface area contributed by atoms with Gasteiger partial charge in [0, 0.05) is 6.54 Å². The first kappa shape index (κ1) is 18.2. The van der Waals surface area contributed by atoms with E-state index in [0.29, 0.717) is 18.9 Å². The second kappa shape index (κ2) is 9.97. The van der Waals surface area contributed by atoms with E-state index in [1.165, 1.54) is 0 Å². The molecule has 0 aliphatic carbocycles. The molecule has 0 saturated heterocycles. The third-order valence-corrected chi connectivity index (χ3v) is 3.49. The van der Waals surface area contributed by atoms with Crippen molar-refractivity contribution in [1.29, 1.82) is 0 Å². The standard InChI is InChI=1S/C17H26N2O3/c1-3-7-13(2)11-18-12-16(20)15(19-17(21)22)10-14-8-5-4-6-9-14/h3-6,8-9,13,15-16,18-20H,1,7,10-12H2,2H3,(H,21,22)/t13?,15-,16-/m0/s1. The molecule has 122 valence electrons. The lowest BCUT2D eigenvalue weighted by Gasteiger charge is -2.24. The van der Waals surface area contributed by atoms with Crippen LogP contribution in [-0.2, 0) is 6.42 Å². The van der Waals surface area contributed by atoms with Crippen LogP contribution >= 0.6 is 0 Å². The molecule has 1 unspecified atom stereocenters. The number of aliphatic hydroxyl groups excluding tert-OH is 1. The van der Waals surface area contributed by atoms with Gasteiger partial charge >= 0.3 is 6.09 Å². The van der Waals surface area contributed by atoms with Crippen LogP contribution in [0.15, 0.2) is 43.0 Å². The van der Waals surface area contributed by atoms with Crippen LogP contribution in [0.25, 0.3) is 0 Å². The van der Waals surface area contributed by atoms with Crippen molar-refractivity contribution in [3.8, 4) is 0 Å². The fraction of sp³-hybridized carbons (Fsp3) is 0.471. The number of hydrogen-bond acceptors (Lipinski definition) is 3. The molecule has 1 rings (SSSR count). The highest BCUT2D eigenvalue weighted by molar-refractivity contribution is 5.65. The van der Waals surface area contributed by atoms with Gasteiger partial charge in [0.05, 0.1) is 12.1 Å². The highest BCUT2D eigenvalue weighted by Gasteiger charge is 2.21. The first-order valence-electron chi connectivity index (χ1n) is 7.56. The summed E-state index contributed by atoms with van der Waals surface area (Å²) in [5.41, 5.74) is 0.986. The summed E-state index contributed by atoms with van der Waals surface area (Å²) in [4.78, 5) is 10.9. The number of rotatable bonds is 10. The molecule has 0 fully saturated rings. The summed E-state index contributed by atoms with van der Waals surface area (Å²) < 4.78 is 0. The van der Waals surface area contributed by atoms with Crippen LogP contribution in [0.5, 0.6) is 0 Å². The molecular formula is C17H26N2O3. The summed E-state index contributed by atoms with van der Waals surface area (Å²) in [6, 6.07) is 9.00. The highest BCUT2D eigenvalue weighted by Crippen LogP contribution is 2.07. The molecule has 1 aromatic carbocycles. The van der Waals surface area contributed by atoms with E-state index >= 15 is 0 Å². The predicted octanol–water partition coefficient (Wildman–Crippen LogP) is 2.03. The van der Waals surface area contributed by atoms with Crippen molar-refractivity contribution in [2.75, 3.05) is 13.1 Å². The monoisotopic (exact) mass is 306 g/mol. The Labute approximate surface area is 132 Å². The number of benzene rings is 1. The second-order valence-electron chi connectivity index (χ2n) is 5.60. The Hall–Kier alpha value is -1.85. The third kappa shape index (κ3) is 7.24. The van der Waals surface area contributed by atoms with Gasteiger partial charge in [-0.15, -0.1) is 6.58 Å². The van der Waals surface area contributed by atoms with Gasteiger partial charge in [-0.3, -0.25) is 0 Å².